The summed E-state index contributed by atoms with van der Waals surface area (Å²) < 4.78 is 5.41. The molecule has 2 N–H and O–H groups in total. The number of ether oxygens (including phenoxy) is 1. The van der Waals surface area contributed by atoms with Crippen molar-refractivity contribution in [2.75, 3.05) is 20.1 Å². The van der Waals surface area contributed by atoms with Gasteiger partial charge >= 0.3 is 6.09 Å². The van der Waals surface area contributed by atoms with E-state index in [0.29, 0.717) is 23.9 Å². The minimum atomic E-state index is -0.441. The van der Waals surface area contributed by atoms with Crippen molar-refractivity contribution < 1.29 is 9.53 Å². The number of nitrogens with zero attached hydrogens (tertiary/aromatic N) is 1. The lowest BCUT2D eigenvalue weighted by Gasteiger charge is -2.40. The molecule has 2 aliphatic rings. The molecule has 0 spiro atoms. The van der Waals surface area contributed by atoms with Crippen molar-refractivity contribution in [2.45, 2.75) is 77.6 Å². The minimum Gasteiger partial charge on any atom is -0.444 e. The zero-order chi connectivity index (χ0) is 17.2. The smallest absolute Gasteiger partial charge is 0.407 e. The molecule has 1 saturated carbocycles. The molecule has 0 bridgehead atoms. The van der Waals surface area contributed by atoms with Crippen molar-refractivity contribution in [1.29, 1.82) is 0 Å². The molecular weight excluding hydrogens is 290 g/mol. The van der Waals surface area contributed by atoms with Crippen LogP contribution in [0.3, 0.4) is 0 Å². The van der Waals surface area contributed by atoms with Crippen LogP contribution >= 0.6 is 0 Å². The number of likely N-dealkylation sites (tertiary alicyclic amines) is 1. The molecule has 4 unspecified atom stereocenters. The highest BCUT2D eigenvalue weighted by molar-refractivity contribution is 5.68. The van der Waals surface area contributed by atoms with E-state index in [-0.39, 0.29) is 12.1 Å². The Morgan fingerprint density at radius 3 is 2.52 bits per heavy atom. The predicted molar refractivity (Wildman–Crippen MR) is 93.5 cm³/mol. The maximum absolute atomic E-state index is 12.0. The zero-order valence-electron chi connectivity index (χ0n) is 15.7. The van der Waals surface area contributed by atoms with Gasteiger partial charge < -0.3 is 20.3 Å². The van der Waals surface area contributed by atoms with Crippen molar-refractivity contribution in [1.82, 2.24) is 15.5 Å². The second-order valence-electron chi connectivity index (χ2n) is 8.61. The fourth-order valence-corrected chi connectivity index (χ4v) is 3.40. The number of alkyl carbamates (subject to hydrolysis) is 1. The standard InChI is InChI=1S/C18H35N3O2/c1-12-11-21(6)13(2)9-15(12)19-10-16(14-7-8-14)20-17(22)23-18(3,4)5/h12-16,19H,7-11H2,1-6H3,(H,20,22). The summed E-state index contributed by atoms with van der Waals surface area (Å²) >= 11 is 0. The van der Waals surface area contributed by atoms with Crippen LogP contribution in [0.25, 0.3) is 0 Å². The summed E-state index contributed by atoms with van der Waals surface area (Å²) in [6.45, 7) is 12.3. The summed E-state index contributed by atoms with van der Waals surface area (Å²) in [5.41, 5.74) is -0.441. The molecule has 5 nitrogen and oxygen atoms in total. The summed E-state index contributed by atoms with van der Waals surface area (Å²) in [5.74, 6) is 1.24. The Bertz CT molecular complexity index is 404. The molecule has 0 aromatic rings. The Labute approximate surface area is 141 Å². The first-order valence-electron chi connectivity index (χ1n) is 9.09. The van der Waals surface area contributed by atoms with E-state index < -0.39 is 5.60 Å². The molecule has 1 heterocycles. The Balaban J connectivity index is 1.82. The average molecular weight is 325 g/mol. The van der Waals surface area contributed by atoms with E-state index in [4.69, 9.17) is 4.74 Å². The largest absolute Gasteiger partial charge is 0.444 e. The van der Waals surface area contributed by atoms with Crippen LogP contribution in [-0.4, -0.2) is 54.9 Å². The van der Waals surface area contributed by atoms with Crippen LogP contribution in [0.15, 0.2) is 0 Å². The Hall–Kier alpha value is -0.810. The van der Waals surface area contributed by atoms with Crippen LogP contribution in [0.2, 0.25) is 0 Å². The summed E-state index contributed by atoms with van der Waals surface area (Å²) in [5, 5.41) is 6.79. The van der Waals surface area contributed by atoms with Gasteiger partial charge in [0.25, 0.3) is 0 Å². The summed E-state index contributed by atoms with van der Waals surface area (Å²) in [6, 6.07) is 1.33. The first-order valence-corrected chi connectivity index (χ1v) is 9.09. The second-order valence-corrected chi connectivity index (χ2v) is 8.61. The lowest BCUT2D eigenvalue weighted by molar-refractivity contribution is 0.0492. The maximum Gasteiger partial charge on any atom is 0.407 e. The van der Waals surface area contributed by atoms with Crippen LogP contribution in [0, 0.1) is 11.8 Å². The number of rotatable bonds is 5. The SMILES string of the molecule is CC1CN(C)C(C)CC1NCC(NC(=O)OC(C)(C)C)C1CC1. The van der Waals surface area contributed by atoms with Crippen LogP contribution in [0.1, 0.15) is 53.9 Å². The van der Waals surface area contributed by atoms with Gasteiger partial charge in [-0.15, -0.1) is 0 Å². The van der Waals surface area contributed by atoms with Gasteiger partial charge in [-0.05, 0) is 65.8 Å². The van der Waals surface area contributed by atoms with E-state index in [1.807, 2.05) is 20.8 Å². The highest BCUT2D eigenvalue weighted by Gasteiger charge is 2.35. The molecule has 4 atom stereocenters. The van der Waals surface area contributed by atoms with Gasteiger partial charge in [-0.1, -0.05) is 6.92 Å². The van der Waals surface area contributed by atoms with Crippen LogP contribution in [-0.2, 0) is 4.74 Å². The van der Waals surface area contributed by atoms with Gasteiger partial charge in [0, 0.05) is 31.2 Å². The Morgan fingerprint density at radius 1 is 1.30 bits per heavy atom. The summed E-state index contributed by atoms with van der Waals surface area (Å²) in [4.78, 5) is 14.5. The fourth-order valence-electron chi connectivity index (χ4n) is 3.40. The van der Waals surface area contributed by atoms with E-state index in [0.717, 1.165) is 13.1 Å². The highest BCUT2D eigenvalue weighted by atomic mass is 16.6. The molecule has 1 amide bonds. The molecule has 1 aliphatic carbocycles. The predicted octanol–water partition coefficient (Wildman–Crippen LogP) is 2.61. The van der Waals surface area contributed by atoms with Crippen molar-refractivity contribution in [3.05, 3.63) is 0 Å². The number of amides is 1. The first-order chi connectivity index (χ1) is 10.7. The molecule has 2 rings (SSSR count). The Kier molecular flexibility index (Phi) is 5.95. The monoisotopic (exact) mass is 325 g/mol. The van der Waals surface area contributed by atoms with E-state index in [1.165, 1.54) is 19.3 Å². The van der Waals surface area contributed by atoms with E-state index in [9.17, 15) is 4.79 Å². The fraction of sp³-hybridized carbons (Fsp3) is 0.944. The van der Waals surface area contributed by atoms with Gasteiger partial charge in [0.15, 0.2) is 0 Å². The molecule has 1 aliphatic heterocycles. The molecule has 0 aromatic carbocycles. The second kappa shape index (κ2) is 7.39. The van der Waals surface area contributed by atoms with Crippen LogP contribution in [0.4, 0.5) is 4.79 Å². The molecule has 134 valence electrons. The van der Waals surface area contributed by atoms with Gasteiger partial charge in [0.1, 0.15) is 5.60 Å². The van der Waals surface area contributed by atoms with E-state index in [2.05, 4.69) is 36.4 Å². The summed E-state index contributed by atoms with van der Waals surface area (Å²) in [7, 11) is 2.20. The number of piperidine rings is 1. The normalized spacial score (nSPS) is 30.8. The molecular formula is C18H35N3O2. The molecule has 0 radical (unpaired) electrons. The van der Waals surface area contributed by atoms with Crippen molar-refractivity contribution in [2.24, 2.45) is 11.8 Å². The van der Waals surface area contributed by atoms with Crippen molar-refractivity contribution in [3.63, 3.8) is 0 Å². The third-order valence-electron chi connectivity index (χ3n) is 5.10. The Morgan fingerprint density at radius 2 is 1.96 bits per heavy atom. The summed E-state index contributed by atoms with van der Waals surface area (Å²) in [6.07, 6.45) is 3.30. The maximum atomic E-state index is 12.0. The number of hydrogen-bond donors (Lipinski definition) is 2. The zero-order valence-corrected chi connectivity index (χ0v) is 15.7. The number of nitrogens with one attached hydrogen (secondary N) is 2. The van der Waals surface area contributed by atoms with Gasteiger partial charge in [0.2, 0.25) is 0 Å². The van der Waals surface area contributed by atoms with E-state index in [1.54, 1.807) is 0 Å². The number of carbonyl (C=O) groups excluding carboxylic acids is 1. The quantitative estimate of drug-likeness (QED) is 0.816. The lowest BCUT2D eigenvalue weighted by atomic mass is 9.89. The third kappa shape index (κ3) is 5.96. The van der Waals surface area contributed by atoms with Crippen LogP contribution < -0.4 is 10.6 Å². The molecule has 5 heteroatoms. The van der Waals surface area contributed by atoms with Gasteiger partial charge in [-0.3, -0.25) is 0 Å². The molecule has 23 heavy (non-hydrogen) atoms. The highest BCUT2D eigenvalue weighted by Crippen LogP contribution is 2.33. The molecule has 0 aromatic heterocycles. The van der Waals surface area contributed by atoms with Gasteiger partial charge in [0.05, 0.1) is 0 Å². The van der Waals surface area contributed by atoms with Gasteiger partial charge in [-0.2, -0.15) is 0 Å². The van der Waals surface area contributed by atoms with Crippen molar-refractivity contribution >= 4 is 6.09 Å². The van der Waals surface area contributed by atoms with E-state index >= 15 is 0 Å². The van der Waals surface area contributed by atoms with Crippen molar-refractivity contribution in [3.8, 4) is 0 Å². The topological polar surface area (TPSA) is 53.6 Å². The number of carbonyl (C=O) groups is 1. The van der Waals surface area contributed by atoms with Gasteiger partial charge in [-0.25, -0.2) is 4.79 Å². The minimum absolute atomic E-state index is 0.187. The lowest BCUT2D eigenvalue weighted by Crippen LogP contribution is -2.54. The average Bonchev–Trinajstić information content (AvgIpc) is 3.22. The van der Waals surface area contributed by atoms with Crippen LogP contribution in [0.5, 0.6) is 0 Å². The first kappa shape index (κ1) is 18.5. The molecule has 1 saturated heterocycles. The third-order valence-corrected chi connectivity index (χ3v) is 5.10. The number of hydrogen-bond acceptors (Lipinski definition) is 4. The molecule has 2 fully saturated rings.